The second-order valence-corrected chi connectivity index (χ2v) is 3.73. The van der Waals surface area contributed by atoms with Gasteiger partial charge in [0.05, 0.1) is 21.1 Å². The SMILES string of the molecule is C=C(C)C(=O)NC[N+](C)(C)C. The van der Waals surface area contributed by atoms with Crippen molar-refractivity contribution in [3.05, 3.63) is 12.2 Å². The summed E-state index contributed by atoms with van der Waals surface area (Å²) in [7, 11) is 6.04. The molecular formula is C8H17N2O+. The van der Waals surface area contributed by atoms with Gasteiger partial charge in [0.1, 0.15) is 0 Å². The van der Waals surface area contributed by atoms with Crippen molar-refractivity contribution in [1.29, 1.82) is 0 Å². The highest BCUT2D eigenvalue weighted by Gasteiger charge is 2.08. The van der Waals surface area contributed by atoms with Crippen LogP contribution >= 0.6 is 0 Å². The summed E-state index contributed by atoms with van der Waals surface area (Å²) in [5.41, 5.74) is 0.554. The Labute approximate surface area is 68.3 Å². The number of nitrogens with zero attached hydrogens (tertiary/aromatic N) is 1. The van der Waals surface area contributed by atoms with Crippen LogP contribution in [0.25, 0.3) is 0 Å². The quantitative estimate of drug-likeness (QED) is 0.357. The van der Waals surface area contributed by atoms with Gasteiger partial charge in [-0.3, -0.25) is 4.79 Å². The molecule has 3 heteroatoms. The lowest BCUT2D eigenvalue weighted by Crippen LogP contribution is -2.45. The van der Waals surface area contributed by atoms with Gasteiger partial charge in [-0.2, -0.15) is 0 Å². The second kappa shape index (κ2) is 3.53. The van der Waals surface area contributed by atoms with Crippen LogP contribution in [0, 0.1) is 0 Å². The summed E-state index contributed by atoms with van der Waals surface area (Å²) in [4.78, 5) is 11.0. The second-order valence-electron chi connectivity index (χ2n) is 3.73. The van der Waals surface area contributed by atoms with Gasteiger partial charge in [-0.05, 0) is 6.92 Å². The van der Waals surface area contributed by atoms with E-state index in [2.05, 4.69) is 11.9 Å². The molecule has 0 unspecified atom stereocenters. The van der Waals surface area contributed by atoms with Crippen LogP contribution in [0.3, 0.4) is 0 Å². The van der Waals surface area contributed by atoms with E-state index in [9.17, 15) is 4.79 Å². The first-order valence-corrected chi connectivity index (χ1v) is 3.57. The third kappa shape index (κ3) is 5.61. The van der Waals surface area contributed by atoms with E-state index < -0.39 is 0 Å². The standard InChI is InChI=1S/C8H16N2O/c1-7(2)8(11)9-6-10(3,4)5/h1,6H2,2-5H3/p+1. The Morgan fingerprint density at radius 2 is 1.91 bits per heavy atom. The van der Waals surface area contributed by atoms with Crippen LogP contribution in [0.1, 0.15) is 6.92 Å². The van der Waals surface area contributed by atoms with E-state index in [1.54, 1.807) is 6.92 Å². The fourth-order valence-electron chi connectivity index (χ4n) is 0.460. The molecule has 0 aliphatic rings. The molecule has 0 aliphatic carbocycles. The molecule has 0 aliphatic heterocycles. The molecule has 64 valence electrons. The molecule has 0 saturated carbocycles. The molecule has 0 fully saturated rings. The monoisotopic (exact) mass is 157 g/mol. The zero-order valence-corrected chi connectivity index (χ0v) is 7.77. The Bertz CT molecular complexity index is 167. The third-order valence-corrected chi connectivity index (χ3v) is 1.10. The van der Waals surface area contributed by atoms with Crippen molar-refractivity contribution in [2.45, 2.75) is 6.92 Å². The lowest BCUT2D eigenvalue weighted by atomic mass is 10.3. The van der Waals surface area contributed by atoms with Crippen molar-refractivity contribution in [3.8, 4) is 0 Å². The van der Waals surface area contributed by atoms with Crippen LogP contribution in [0.2, 0.25) is 0 Å². The minimum absolute atomic E-state index is 0.0712. The van der Waals surface area contributed by atoms with Gasteiger partial charge >= 0.3 is 0 Å². The van der Waals surface area contributed by atoms with Crippen molar-refractivity contribution in [3.63, 3.8) is 0 Å². The number of quaternary nitrogens is 1. The molecule has 0 radical (unpaired) electrons. The Balaban J connectivity index is 3.73. The maximum Gasteiger partial charge on any atom is 0.250 e. The minimum atomic E-state index is -0.0712. The number of hydrogen-bond donors (Lipinski definition) is 1. The number of carbonyl (C=O) groups is 1. The molecule has 0 atom stereocenters. The van der Waals surface area contributed by atoms with Crippen LogP contribution in [0.5, 0.6) is 0 Å². The summed E-state index contributed by atoms with van der Waals surface area (Å²) in [6.45, 7) is 5.87. The van der Waals surface area contributed by atoms with Crippen LogP contribution in [0.4, 0.5) is 0 Å². The van der Waals surface area contributed by atoms with E-state index in [4.69, 9.17) is 0 Å². The highest BCUT2D eigenvalue weighted by atomic mass is 16.1. The fraction of sp³-hybridized carbons (Fsp3) is 0.625. The summed E-state index contributed by atoms with van der Waals surface area (Å²) >= 11 is 0. The summed E-state index contributed by atoms with van der Waals surface area (Å²) in [6.07, 6.45) is 0. The van der Waals surface area contributed by atoms with Gasteiger partial charge in [-0.25, -0.2) is 0 Å². The summed E-state index contributed by atoms with van der Waals surface area (Å²) < 4.78 is 0.721. The van der Waals surface area contributed by atoms with Gasteiger partial charge in [-0.1, -0.05) is 6.58 Å². The Morgan fingerprint density at radius 3 is 2.18 bits per heavy atom. The average Bonchev–Trinajstić information content (AvgIpc) is 1.80. The van der Waals surface area contributed by atoms with Gasteiger partial charge in [0.25, 0.3) is 5.91 Å². The van der Waals surface area contributed by atoms with E-state index >= 15 is 0 Å². The summed E-state index contributed by atoms with van der Waals surface area (Å²) in [5.74, 6) is -0.0712. The van der Waals surface area contributed by atoms with Crippen molar-refractivity contribution in [1.82, 2.24) is 5.32 Å². The molecule has 11 heavy (non-hydrogen) atoms. The van der Waals surface area contributed by atoms with Crippen molar-refractivity contribution in [2.24, 2.45) is 0 Å². The zero-order valence-electron chi connectivity index (χ0n) is 7.77. The zero-order chi connectivity index (χ0) is 9.07. The highest BCUT2D eigenvalue weighted by molar-refractivity contribution is 5.91. The highest BCUT2D eigenvalue weighted by Crippen LogP contribution is 1.89. The maximum absolute atomic E-state index is 11.0. The molecule has 0 rings (SSSR count). The molecule has 0 heterocycles. The smallest absolute Gasteiger partial charge is 0.250 e. The fourth-order valence-corrected chi connectivity index (χ4v) is 0.460. The molecular weight excluding hydrogens is 140 g/mol. The van der Waals surface area contributed by atoms with Crippen LogP contribution in [0.15, 0.2) is 12.2 Å². The van der Waals surface area contributed by atoms with Crippen molar-refractivity contribution >= 4 is 5.91 Å². The first kappa shape index (κ1) is 10.2. The maximum atomic E-state index is 11.0. The number of hydrogen-bond acceptors (Lipinski definition) is 1. The third-order valence-electron chi connectivity index (χ3n) is 1.10. The summed E-state index contributed by atoms with van der Waals surface area (Å²) in [6, 6.07) is 0. The van der Waals surface area contributed by atoms with E-state index in [1.165, 1.54) is 0 Å². The topological polar surface area (TPSA) is 29.1 Å². The van der Waals surface area contributed by atoms with E-state index in [0.29, 0.717) is 12.2 Å². The Morgan fingerprint density at radius 1 is 1.45 bits per heavy atom. The molecule has 0 aromatic rings. The molecule has 1 amide bonds. The van der Waals surface area contributed by atoms with Crippen LogP contribution in [-0.4, -0.2) is 38.2 Å². The number of rotatable bonds is 3. The van der Waals surface area contributed by atoms with Gasteiger partial charge in [0.2, 0.25) is 0 Å². The molecule has 1 N–H and O–H groups in total. The summed E-state index contributed by atoms with van der Waals surface area (Å²) in [5, 5.41) is 2.76. The predicted octanol–water partition coefficient (Wildman–Crippen LogP) is 0.342. The van der Waals surface area contributed by atoms with E-state index in [1.807, 2.05) is 21.1 Å². The van der Waals surface area contributed by atoms with E-state index in [0.717, 1.165) is 4.48 Å². The minimum Gasteiger partial charge on any atom is -0.314 e. The first-order valence-electron chi connectivity index (χ1n) is 3.57. The molecule has 3 nitrogen and oxygen atoms in total. The Hall–Kier alpha value is -0.830. The average molecular weight is 157 g/mol. The van der Waals surface area contributed by atoms with Gasteiger partial charge in [0, 0.05) is 5.57 Å². The number of nitrogens with one attached hydrogen (secondary N) is 1. The molecule has 0 aromatic carbocycles. The van der Waals surface area contributed by atoms with Gasteiger partial charge in [0.15, 0.2) is 6.67 Å². The molecule has 0 saturated heterocycles. The van der Waals surface area contributed by atoms with Gasteiger partial charge in [-0.15, -0.1) is 0 Å². The largest absolute Gasteiger partial charge is 0.314 e. The number of carbonyl (C=O) groups excluding carboxylic acids is 1. The normalized spacial score (nSPS) is 10.9. The molecule has 0 bridgehead atoms. The molecule has 0 spiro atoms. The Kier molecular flexibility index (Phi) is 3.26. The van der Waals surface area contributed by atoms with Crippen LogP contribution in [-0.2, 0) is 4.79 Å². The molecule has 0 aromatic heterocycles. The van der Waals surface area contributed by atoms with Gasteiger partial charge < -0.3 is 9.80 Å². The predicted molar refractivity (Wildman–Crippen MR) is 45.9 cm³/mol. The van der Waals surface area contributed by atoms with Crippen molar-refractivity contribution in [2.75, 3.05) is 27.8 Å². The lowest BCUT2D eigenvalue weighted by Gasteiger charge is -2.23. The van der Waals surface area contributed by atoms with Crippen LogP contribution < -0.4 is 5.32 Å². The van der Waals surface area contributed by atoms with E-state index in [-0.39, 0.29) is 5.91 Å². The first-order chi connectivity index (χ1) is 4.83. The van der Waals surface area contributed by atoms with Crippen molar-refractivity contribution < 1.29 is 9.28 Å². The number of amides is 1. The lowest BCUT2D eigenvalue weighted by molar-refractivity contribution is -0.872.